The van der Waals surface area contributed by atoms with Crippen molar-refractivity contribution in [2.45, 2.75) is 45.1 Å². The molecule has 2 aromatic heterocycles. The van der Waals surface area contributed by atoms with Gasteiger partial charge in [0.1, 0.15) is 18.2 Å². The van der Waals surface area contributed by atoms with Crippen LogP contribution in [0.1, 0.15) is 43.8 Å². The molecule has 0 saturated carbocycles. The molecule has 0 aliphatic carbocycles. The van der Waals surface area contributed by atoms with Crippen LogP contribution in [0, 0.1) is 3.57 Å². The van der Waals surface area contributed by atoms with E-state index in [0.717, 1.165) is 43.0 Å². The molecule has 142 valence electrons. The molecule has 1 aromatic carbocycles. The quantitative estimate of drug-likeness (QED) is 0.476. The molecule has 3 aromatic rings. The Balaban J connectivity index is 1.44. The fourth-order valence-electron chi connectivity index (χ4n) is 3.20. The van der Waals surface area contributed by atoms with Crippen molar-refractivity contribution in [3.05, 3.63) is 58.0 Å². The number of hydrogen-bond acceptors (Lipinski definition) is 5. The van der Waals surface area contributed by atoms with Crippen molar-refractivity contribution < 1.29 is 13.9 Å². The van der Waals surface area contributed by atoms with Gasteiger partial charge in [0.15, 0.2) is 6.29 Å². The summed E-state index contributed by atoms with van der Waals surface area (Å²) in [5.74, 6) is 1.49. The Labute approximate surface area is 172 Å². The highest BCUT2D eigenvalue weighted by atomic mass is 127. The van der Waals surface area contributed by atoms with Crippen LogP contribution in [0.5, 0.6) is 0 Å². The topological polar surface area (TPSA) is 62.3 Å². The number of halogens is 1. The third-order valence-corrected chi connectivity index (χ3v) is 5.30. The summed E-state index contributed by atoms with van der Waals surface area (Å²) in [4.78, 5) is 9.09. The Kier molecular flexibility index (Phi) is 5.89. The normalized spacial score (nSPS) is 18.5. The zero-order chi connectivity index (χ0) is 18.6. The fraction of sp³-hybridized carbons (Fsp3) is 0.400. The summed E-state index contributed by atoms with van der Waals surface area (Å²) in [6.45, 7) is 3.37. The first kappa shape index (κ1) is 18.6. The molecule has 0 amide bonds. The van der Waals surface area contributed by atoms with E-state index < -0.39 is 0 Å². The number of aromatic nitrogens is 3. The molecule has 1 aliphatic rings. The summed E-state index contributed by atoms with van der Waals surface area (Å²) in [5, 5.41) is 0. The zero-order valence-electron chi connectivity index (χ0n) is 15.2. The minimum atomic E-state index is -0.148. The summed E-state index contributed by atoms with van der Waals surface area (Å²) in [5.41, 5.74) is 1.82. The van der Waals surface area contributed by atoms with Gasteiger partial charge in [0, 0.05) is 28.1 Å². The summed E-state index contributed by atoms with van der Waals surface area (Å²) in [6, 6.07) is 8.11. The Morgan fingerprint density at radius 2 is 2.15 bits per heavy atom. The lowest BCUT2D eigenvalue weighted by atomic mass is 10.2. The average molecular weight is 479 g/mol. The molecule has 2 atom stereocenters. The van der Waals surface area contributed by atoms with Gasteiger partial charge in [0.25, 0.3) is 0 Å². The van der Waals surface area contributed by atoms with Gasteiger partial charge in [-0.15, -0.1) is 0 Å². The van der Waals surface area contributed by atoms with Crippen LogP contribution in [-0.2, 0) is 16.0 Å². The first-order valence-corrected chi connectivity index (χ1v) is 10.3. The molecule has 1 saturated heterocycles. The van der Waals surface area contributed by atoms with Crippen molar-refractivity contribution in [2.24, 2.45) is 0 Å². The minimum absolute atomic E-state index is 0.140. The second kappa shape index (κ2) is 8.53. The van der Waals surface area contributed by atoms with Gasteiger partial charge in [-0.3, -0.25) is 0 Å². The third kappa shape index (κ3) is 4.59. The predicted molar refractivity (Wildman–Crippen MR) is 109 cm³/mol. The number of nitrogens with zero attached hydrogens (tertiary/aromatic N) is 3. The summed E-state index contributed by atoms with van der Waals surface area (Å²) in [6.07, 6.45) is 8.33. The van der Waals surface area contributed by atoms with Crippen LogP contribution in [0.3, 0.4) is 0 Å². The van der Waals surface area contributed by atoms with Gasteiger partial charge in [-0.2, -0.15) is 0 Å². The SMILES string of the molecule is C[C@H](OC1CCCCO1)c1nccn1Cc1coc(-c2ccc(I)cc2)n1. The van der Waals surface area contributed by atoms with Crippen LogP contribution >= 0.6 is 22.6 Å². The molecule has 1 aliphatic heterocycles. The lowest BCUT2D eigenvalue weighted by Crippen LogP contribution is -2.24. The number of hydrogen-bond donors (Lipinski definition) is 0. The summed E-state index contributed by atoms with van der Waals surface area (Å²) >= 11 is 2.28. The highest BCUT2D eigenvalue weighted by Gasteiger charge is 2.21. The van der Waals surface area contributed by atoms with Gasteiger partial charge in [-0.1, -0.05) is 0 Å². The molecule has 0 N–H and O–H groups in total. The Hall–Kier alpha value is -1.71. The van der Waals surface area contributed by atoms with E-state index in [9.17, 15) is 0 Å². The zero-order valence-corrected chi connectivity index (χ0v) is 17.3. The second-order valence-electron chi connectivity index (χ2n) is 6.64. The van der Waals surface area contributed by atoms with E-state index in [0.29, 0.717) is 12.4 Å². The minimum Gasteiger partial charge on any atom is -0.444 e. The summed E-state index contributed by atoms with van der Waals surface area (Å²) in [7, 11) is 0. The van der Waals surface area contributed by atoms with Gasteiger partial charge in [-0.05, 0) is 73.0 Å². The highest BCUT2D eigenvalue weighted by Crippen LogP contribution is 2.24. The van der Waals surface area contributed by atoms with Crippen LogP contribution in [0.4, 0.5) is 0 Å². The van der Waals surface area contributed by atoms with Crippen molar-refractivity contribution in [3.8, 4) is 11.5 Å². The van der Waals surface area contributed by atoms with E-state index in [4.69, 9.17) is 13.9 Å². The van der Waals surface area contributed by atoms with Crippen LogP contribution in [0.15, 0.2) is 47.3 Å². The van der Waals surface area contributed by atoms with Crippen molar-refractivity contribution in [3.63, 3.8) is 0 Å². The number of benzene rings is 1. The molecular weight excluding hydrogens is 457 g/mol. The fourth-order valence-corrected chi connectivity index (χ4v) is 3.56. The molecular formula is C20H22IN3O3. The lowest BCUT2D eigenvalue weighted by molar-refractivity contribution is -0.188. The van der Waals surface area contributed by atoms with Gasteiger partial charge in [-0.25, -0.2) is 9.97 Å². The molecule has 1 fully saturated rings. The van der Waals surface area contributed by atoms with Gasteiger partial charge in [0.2, 0.25) is 5.89 Å². The standard InChI is InChI=1S/C20H22IN3O3/c1-14(27-18-4-2-3-11-25-18)19-22-9-10-24(19)12-17-13-26-20(23-17)15-5-7-16(21)8-6-15/h5-10,13-14,18H,2-4,11-12H2,1H3/t14-,18?/m0/s1. The van der Waals surface area contributed by atoms with E-state index >= 15 is 0 Å². The molecule has 4 rings (SSSR count). The average Bonchev–Trinajstić information content (AvgIpc) is 3.33. The van der Waals surface area contributed by atoms with E-state index in [2.05, 4.69) is 32.6 Å². The molecule has 0 bridgehead atoms. The van der Waals surface area contributed by atoms with Gasteiger partial charge in [0.05, 0.1) is 12.2 Å². The van der Waals surface area contributed by atoms with Crippen LogP contribution in [0.25, 0.3) is 11.5 Å². The number of ether oxygens (including phenoxy) is 2. The largest absolute Gasteiger partial charge is 0.444 e. The molecule has 0 radical (unpaired) electrons. The van der Waals surface area contributed by atoms with Crippen molar-refractivity contribution in [1.82, 2.24) is 14.5 Å². The van der Waals surface area contributed by atoms with E-state index in [1.807, 2.05) is 42.0 Å². The molecule has 3 heterocycles. The maximum Gasteiger partial charge on any atom is 0.226 e. The molecule has 1 unspecified atom stereocenters. The molecule has 0 spiro atoms. The molecule has 27 heavy (non-hydrogen) atoms. The number of oxazole rings is 1. The van der Waals surface area contributed by atoms with E-state index in [1.54, 1.807) is 12.5 Å². The van der Waals surface area contributed by atoms with Gasteiger partial charge < -0.3 is 18.5 Å². The summed E-state index contributed by atoms with van der Waals surface area (Å²) < 4.78 is 20.6. The maximum atomic E-state index is 6.05. The highest BCUT2D eigenvalue weighted by molar-refractivity contribution is 14.1. The predicted octanol–water partition coefficient (Wildman–Crippen LogP) is 4.80. The number of imidazole rings is 1. The molecule has 7 heteroatoms. The third-order valence-electron chi connectivity index (χ3n) is 4.58. The van der Waals surface area contributed by atoms with Crippen molar-refractivity contribution in [2.75, 3.05) is 6.61 Å². The number of rotatable bonds is 6. The smallest absolute Gasteiger partial charge is 0.226 e. The van der Waals surface area contributed by atoms with Crippen LogP contribution in [-0.4, -0.2) is 27.4 Å². The van der Waals surface area contributed by atoms with Crippen molar-refractivity contribution in [1.29, 1.82) is 0 Å². The molecule has 6 nitrogen and oxygen atoms in total. The first-order chi connectivity index (χ1) is 13.2. The second-order valence-corrected chi connectivity index (χ2v) is 7.88. The van der Waals surface area contributed by atoms with Crippen LogP contribution in [0.2, 0.25) is 0 Å². The Morgan fingerprint density at radius 3 is 2.93 bits per heavy atom. The van der Waals surface area contributed by atoms with Crippen molar-refractivity contribution >= 4 is 22.6 Å². The monoisotopic (exact) mass is 479 g/mol. The lowest BCUT2D eigenvalue weighted by Gasteiger charge is -2.26. The first-order valence-electron chi connectivity index (χ1n) is 9.17. The Morgan fingerprint density at radius 1 is 1.30 bits per heavy atom. The van der Waals surface area contributed by atoms with Crippen LogP contribution < -0.4 is 0 Å². The van der Waals surface area contributed by atoms with E-state index in [1.165, 1.54) is 3.57 Å². The Bertz CT molecular complexity index is 869. The van der Waals surface area contributed by atoms with Gasteiger partial charge >= 0.3 is 0 Å². The van der Waals surface area contributed by atoms with E-state index in [-0.39, 0.29) is 12.4 Å². The maximum absolute atomic E-state index is 6.05.